The molecular formula is C21H24N4O4. The number of aromatic hydroxyl groups is 2. The molecule has 0 aliphatic heterocycles. The fourth-order valence-electron chi connectivity index (χ4n) is 2.35. The zero-order valence-electron chi connectivity index (χ0n) is 16.3. The van der Waals surface area contributed by atoms with Crippen LogP contribution >= 0.6 is 0 Å². The van der Waals surface area contributed by atoms with Gasteiger partial charge < -0.3 is 10.2 Å². The molecule has 0 aliphatic carbocycles. The van der Waals surface area contributed by atoms with Crippen molar-refractivity contribution in [2.24, 2.45) is 10.2 Å². The average Bonchev–Trinajstić information content (AvgIpc) is 2.71. The first-order valence-electron chi connectivity index (χ1n) is 9.10. The first-order valence-corrected chi connectivity index (χ1v) is 9.10. The Morgan fingerprint density at radius 3 is 1.41 bits per heavy atom. The van der Waals surface area contributed by atoms with Crippen molar-refractivity contribution in [2.75, 3.05) is 0 Å². The van der Waals surface area contributed by atoms with Gasteiger partial charge in [0.15, 0.2) is 0 Å². The van der Waals surface area contributed by atoms with Gasteiger partial charge in [-0.2, -0.15) is 10.2 Å². The molecule has 8 nitrogen and oxygen atoms in total. The Kier molecular flexibility index (Phi) is 7.90. The molecule has 2 amide bonds. The van der Waals surface area contributed by atoms with E-state index in [2.05, 4.69) is 21.1 Å². The van der Waals surface area contributed by atoms with Gasteiger partial charge in [-0.3, -0.25) is 9.59 Å². The van der Waals surface area contributed by atoms with Gasteiger partial charge in [0.05, 0.1) is 11.4 Å². The normalized spacial score (nSPS) is 11.8. The van der Waals surface area contributed by atoms with E-state index < -0.39 is 0 Å². The summed E-state index contributed by atoms with van der Waals surface area (Å²) in [5.41, 5.74) is 7.68. The van der Waals surface area contributed by atoms with Gasteiger partial charge >= 0.3 is 0 Å². The molecule has 8 heteroatoms. The third kappa shape index (κ3) is 7.45. The molecule has 152 valence electrons. The van der Waals surface area contributed by atoms with E-state index >= 15 is 0 Å². The van der Waals surface area contributed by atoms with Crippen LogP contribution in [0.5, 0.6) is 11.5 Å². The summed E-state index contributed by atoms with van der Waals surface area (Å²) in [5, 5.41) is 26.6. The second kappa shape index (κ2) is 10.6. The molecule has 0 saturated heterocycles. The summed E-state index contributed by atoms with van der Waals surface area (Å²) in [4.78, 5) is 23.7. The number of rotatable bonds is 8. The third-order valence-corrected chi connectivity index (χ3v) is 4.07. The van der Waals surface area contributed by atoms with Crippen LogP contribution in [0.4, 0.5) is 0 Å². The molecule has 4 N–H and O–H groups in total. The SMILES string of the molecule is CC(=NNC(=O)CCCC(=O)NN=C(C)c1ccc(O)cc1)c1ccc(O)cc1. The standard InChI is InChI=1S/C21H24N4O4/c1-14(16-6-10-18(26)11-7-16)22-24-20(28)4-3-5-21(29)25-23-15(2)17-8-12-19(27)13-9-17/h6-13,26-27H,3-5H2,1-2H3,(H,24,28)(H,25,29). The summed E-state index contributed by atoms with van der Waals surface area (Å²) in [6.07, 6.45) is 0.667. The topological polar surface area (TPSA) is 123 Å². The number of hydrogen-bond donors (Lipinski definition) is 4. The number of hydrazone groups is 2. The highest BCUT2D eigenvalue weighted by molar-refractivity contribution is 6.00. The van der Waals surface area contributed by atoms with Crippen LogP contribution in [0.3, 0.4) is 0 Å². The zero-order chi connectivity index (χ0) is 21.2. The van der Waals surface area contributed by atoms with Gasteiger partial charge in [-0.1, -0.05) is 0 Å². The summed E-state index contributed by atoms with van der Waals surface area (Å²) in [7, 11) is 0. The Bertz CT molecular complexity index is 828. The van der Waals surface area contributed by atoms with Crippen molar-refractivity contribution in [2.45, 2.75) is 33.1 Å². The van der Waals surface area contributed by atoms with Crippen LogP contribution in [0, 0.1) is 0 Å². The van der Waals surface area contributed by atoms with E-state index in [0.717, 1.165) is 11.1 Å². The summed E-state index contributed by atoms with van der Waals surface area (Å²) in [6.45, 7) is 3.49. The lowest BCUT2D eigenvalue weighted by atomic mass is 10.1. The summed E-state index contributed by atoms with van der Waals surface area (Å²) in [5.74, 6) is -0.266. The number of amides is 2. The van der Waals surface area contributed by atoms with Gasteiger partial charge in [0, 0.05) is 12.8 Å². The predicted octanol–water partition coefficient (Wildman–Crippen LogP) is 2.65. The number of phenols is 2. The number of phenolic OH excluding ortho intramolecular Hbond substituents is 2. The van der Waals surface area contributed by atoms with E-state index in [1.54, 1.807) is 62.4 Å². The number of nitrogens with one attached hydrogen (secondary N) is 2. The molecule has 0 spiro atoms. The average molecular weight is 396 g/mol. The first-order chi connectivity index (χ1) is 13.8. The molecule has 29 heavy (non-hydrogen) atoms. The Balaban J connectivity index is 1.71. The molecule has 0 radical (unpaired) electrons. The van der Waals surface area contributed by atoms with Gasteiger partial charge in [0.25, 0.3) is 0 Å². The van der Waals surface area contributed by atoms with Crippen LogP contribution in [0.25, 0.3) is 0 Å². The van der Waals surface area contributed by atoms with Gasteiger partial charge in [-0.25, -0.2) is 10.9 Å². The maximum atomic E-state index is 11.9. The van der Waals surface area contributed by atoms with Crippen LogP contribution in [0.2, 0.25) is 0 Å². The second-order valence-electron chi connectivity index (χ2n) is 6.41. The maximum absolute atomic E-state index is 11.9. The van der Waals surface area contributed by atoms with Gasteiger partial charge in [0.1, 0.15) is 11.5 Å². The molecule has 2 aromatic carbocycles. The molecule has 2 aromatic rings. The van der Waals surface area contributed by atoms with E-state index in [0.29, 0.717) is 17.8 Å². The van der Waals surface area contributed by atoms with Crippen molar-refractivity contribution >= 4 is 23.2 Å². The lowest BCUT2D eigenvalue weighted by Crippen LogP contribution is -2.21. The molecule has 0 saturated carbocycles. The number of carbonyl (C=O) groups is 2. The molecule has 0 heterocycles. The van der Waals surface area contributed by atoms with E-state index in [-0.39, 0.29) is 36.2 Å². The first kappa shape index (κ1) is 21.6. The number of benzene rings is 2. The Morgan fingerprint density at radius 2 is 1.07 bits per heavy atom. The minimum Gasteiger partial charge on any atom is -0.508 e. The van der Waals surface area contributed by atoms with E-state index in [1.165, 1.54) is 0 Å². The summed E-state index contributed by atoms with van der Waals surface area (Å²) >= 11 is 0. The molecule has 2 rings (SSSR count). The molecule has 0 unspecified atom stereocenters. The Morgan fingerprint density at radius 1 is 0.724 bits per heavy atom. The quantitative estimate of drug-likeness (QED) is 0.404. The van der Waals surface area contributed by atoms with Crippen molar-refractivity contribution in [3.8, 4) is 11.5 Å². The Labute approximate surface area is 169 Å². The van der Waals surface area contributed by atoms with Crippen molar-refractivity contribution in [3.05, 3.63) is 59.7 Å². The van der Waals surface area contributed by atoms with Gasteiger partial charge in [0.2, 0.25) is 11.8 Å². The second-order valence-corrected chi connectivity index (χ2v) is 6.41. The fourth-order valence-corrected chi connectivity index (χ4v) is 2.35. The molecule has 0 aromatic heterocycles. The highest BCUT2D eigenvalue weighted by Gasteiger charge is 2.06. The monoisotopic (exact) mass is 396 g/mol. The van der Waals surface area contributed by atoms with Crippen molar-refractivity contribution in [1.29, 1.82) is 0 Å². The molecule has 0 bridgehead atoms. The highest BCUT2D eigenvalue weighted by atomic mass is 16.3. The van der Waals surface area contributed by atoms with Gasteiger partial charge in [-0.15, -0.1) is 0 Å². The van der Waals surface area contributed by atoms with Gasteiger partial charge in [-0.05, 0) is 79.9 Å². The molecule has 0 fully saturated rings. The minimum atomic E-state index is -0.292. The number of carbonyl (C=O) groups excluding carboxylic acids is 2. The summed E-state index contributed by atoms with van der Waals surface area (Å²) in [6, 6.07) is 13.0. The lowest BCUT2D eigenvalue weighted by Gasteiger charge is -2.04. The van der Waals surface area contributed by atoms with Crippen LogP contribution < -0.4 is 10.9 Å². The van der Waals surface area contributed by atoms with Crippen molar-refractivity contribution in [3.63, 3.8) is 0 Å². The summed E-state index contributed by atoms with van der Waals surface area (Å²) < 4.78 is 0. The van der Waals surface area contributed by atoms with Crippen LogP contribution in [-0.4, -0.2) is 33.5 Å². The molecule has 0 aliphatic rings. The molecular weight excluding hydrogens is 372 g/mol. The van der Waals surface area contributed by atoms with Crippen LogP contribution in [0.1, 0.15) is 44.2 Å². The van der Waals surface area contributed by atoms with E-state index in [9.17, 15) is 19.8 Å². The lowest BCUT2D eigenvalue weighted by molar-refractivity contribution is -0.122. The maximum Gasteiger partial charge on any atom is 0.240 e. The zero-order valence-corrected chi connectivity index (χ0v) is 16.3. The van der Waals surface area contributed by atoms with Crippen molar-refractivity contribution in [1.82, 2.24) is 10.9 Å². The smallest absolute Gasteiger partial charge is 0.240 e. The molecule has 0 atom stereocenters. The third-order valence-electron chi connectivity index (χ3n) is 4.07. The van der Waals surface area contributed by atoms with Crippen molar-refractivity contribution < 1.29 is 19.8 Å². The largest absolute Gasteiger partial charge is 0.508 e. The number of hydrogen-bond acceptors (Lipinski definition) is 6. The van der Waals surface area contributed by atoms with Crippen LogP contribution in [0.15, 0.2) is 58.7 Å². The van der Waals surface area contributed by atoms with E-state index in [4.69, 9.17) is 0 Å². The fraction of sp³-hybridized carbons (Fsp3) is 0.238. The Hall–Kier alpha value is -3.68. The van der Waals surface area contributed by atoms with Crippen LogP contribution in [-0.2, 0) is 9.59 Å². The predicted molar refractivity (Wildman–Crippen MR) is 111 cm³/mol. The number of nitrogens with zero attached hydrogens (tertiary/aromatic N) is 2. The minimum absolute atomic E-state index is 0.153. The highest BCUT2D eigenvalue weighted by Crippen LogP contribution is 2.11. The van der Waals surface area contributed by atoms with E-state index in [1.807, 2.05) is 0 Å².